The van der Waals surface area contributed by atoms with Gasteiger partial charge in [-0.15, -0.1) is 0 Å². The van der Waals surface area contributed by atoms with Crippen molar-refractivity contribution >= 4 is 34.3 Å². The lowest BCUT2D eigenvalue weighted by atomic mass is 10.1. The number of Topliss-reactive ketones (excluding diaryl/α,β-unsaturated/α-hetero) is 1. The van der Waals surface area contributed by atoms with E-state index >= 15 is 0 Å². The molecule has 3 aromatic rings. The van der Waals surface area contributed by atoms with Crippen LogP contribution in [0, 0.1) is 0 Å². The summed E-state index contributed by atoms with van der Waals surface area (Å²) in [5.41, 5.74) is 1.58. The maximum Gasteiger partial charge on any atom is 0.190 e. The Balaban J connectivity index is 1.88. The standard InChI is InChI=1S/C18H17N3OS/c1-12(16(22)13-8-4-3-5-9-13)23-18-20-15-11-7-6-10-14(15)17(19-2)21-18/h3-12H,1-2H3,(H,19,20,21)/t12-/m0/s1. The van der Waals surface area contributed by atoms with Gasteiger partial charge < -0.3 is 5.32 Å². The van der Waals surface area contributed by atoms with Gasteiger partial charge in [-0.05, 0) is 19.1 Å². The molecule has 0 unspecified atom stereocenters. The summed E-state index contributed by atoms with van der Waals surface area (Å²) in [5, 5.41) is 4.42. The maximum absolute atomic E-state index is 12.5. The lowest BCUT2D eigenvalue weighted by Gasteiger charge is -2.11. The molecule has 1 N–H and O–H groups in total. The third kappa shape index (κ3) is 3.35. The van der Waals surface area contributed by atoms with Gasteiger partial charge in [-0.25, -0.2) is 9.97 Å². The number of carbonyl (C=O) groups excluding carboxylic acids is 1. The minimum absolute atomic E-state index is 0.0818. The van der Waals surface area contributed by atoms with E-state index in [1.807, 2.05) is 68.6 Å². The van der Waals surface area contributed by atoms with Crippen molar-refractivity contribution in [3.05, 3.63) is 60.2 Å². The zero-order valence-corrected chi connectivity index (χ0v) is 13.8. The number of thioether (sulfide) groups is 1. The van der Waals surface area contributed by atoms with E-state index in [0.29, 0.717) is 10.7 Å². The number of carbonyl (C=O) groups is 1. The molecule has 2 aromatic carbocycles. The number of hydrogen-bond acceptors (Lipinski definition) is 5. The van der Waals surface area contributed by atoms with Gasteiger partial charge in [0.15, 0.2) is 10.9 Å². The summed E-state index contributed by atoms with van der Waals surface area (Å²) < 4.78 is 0. The predicted molar refractivity (Wildman–Crippen MR) is 95.2 cm³/mol. The zero-order chi connectivity index (χ0) is 16.2. The van der Waals surface area contributed by atoms with Crippen LogP contribution in [0.3, 0.4) is 0 Å². The molecule has 0 amide bonds. The number of rotatable bonds is 5. The minimum Gasteiger partial charge on any atom is -0.372 e. The zero-order valence-electron chi connectivity index (χ0n) is 13.0. The van der Waals surface area contributed by atoms with Crippen molar-refractivity contribution in [3.63, 3.8) is 0 Å². The molecule has 23 heavy (non-hydrogen) atoms. The fourth-order valence-corrected chi connectivity index (χ4v) is 3.20. The molecule has 3 rings (SSSR count). The first-order valence-electron chi connectivity index (χ1n) is 7.39. The van der Waals surface area contributed by atoms with E-state index in [1.165, 1.54) is 11.8 Å². The summed E-state index contributed by atoms with van der Waals surface area (Å²) in [6.07, 6.45) is 0. The van der Waals surface area contributed by atoms with Gasteiger partial charge in [0.25, 0.3) is 0 Å². The fourth-order valence-electron chi connectivity index (χ4n) is 2.35. The molecule has 0 bridgehead atoms. The Morgan fingerprint density at radius 1 is 1.04 bits per heavy atom. The van der Waals surface area contributed by atoms with Gasteiger partial charge in [-0.1, -0.05) is 54.2 Å². The Labute approximate surface area is 139 Å². The molecule has 1 heterocycles. The van der Waals surface area contributed by atoms with Gasteiger partial charge >= 0.3 is 0 Å². The van der Waals surface area contributed by atoms with Crippen LogP contribution in [0.2, 0.25) is 0 Å². The van der Waals surface area contributed by atoms with E-state index in [-0.39, 0.29) is 11.0 Å². The molecule has 116 valence electrons. The third-order valence-corrected chi connectivity index (χ3v) is 4.49. The predicted octanol–water partition coefficient (Wildman–Crippen LogP) is 4.04. The molecule has 0 aliphatic heterocycles. The Morgan fingerprint density at radius 2 is 1.74 bits per heavy atom. The second-order valence-corrected chi connectivity index (χ2v) is 6.42. The molecule has 0 fully saturated rings. The molecule has 0 saturated heterocycles. The Hall–Kier alpha value is -2.40. The topological polar surface area (TPSA) is 54.9 Å². The van der Waals surface area contributed by atoms with Gasteiger partial charge in [0.05, 0.1) is 10.8 Å². The summed E-state index contributed by atoms with van der Waals surface area (Å²) in [5.74, 6) is 0.857. The van der Waals surface area contributed by atoms with E-state index in [9.17, 15) is 4.79 Å². The van der Waals surface area contributed by atoms with Gasteiger partial charge in [-0.3, -0.25) is 4.79 Å². The Morgan fingerprint density at radius 3 is 2.48 bits per heavy atom. The normalized spacial score (nSPS) is 12.1. The molecule has 0 saturated carbocycles. The number of anilines is 1. The first-order chi connectivity index (χ1) is 11.2. The van der Waals surface area contributed by atoms with Crippen LogP contribution in [0.4, 0.5) is 5.82 Å². The lowest BCUT2D eigenvalue weighted by Crippen LogP contribution is -2.14. The van der Waals surface area contributed by atoms with Crippen LogP contribution in [-0.4, -0.2) is 28.0 Å². The highest BCUT2D eigenvalue weighted by atomic mass is 32.2. The highest BCUT2D eigenvalue weighted by molar-refractivity contribution is 8.00. The van der Waals surface area contributed by atoms with E-state index in [1.54, 1.807) is 0 Å². The molecular formula is C18H17N3OS. The van der Waals surface area contributed by atoms with Gasteiger partial charge in [0, 0.05) is 18.0 Å². The number of nitrogens with one attached hydrogen (secondary N) is 1. The Bertz CT molecular complexity index is 836. The number of para-hydroxylation sites is 1. The second-order valence-electron chi connectivity index (χ2n) is 5.11. The van der Waals surface area contributed by atoms with Crippen LogP contribution in [0.15, 0.2) is 59.8 Å². The molecule has 0 aliphatic rings. The van der Waals surface area contributed by atoms with Crippen LogP contribution in [0.25, 0.3) is 10.9 Å². The summed E-state index contributed by atoms with van der Waals surface area (Å²) in [6, 6.07) is 17.1. The van der Waals surface area contributed by atoms with Crippen molar-refractivity contribution in [1.29, 1.82) is 0 Å². The highest BCUT2D eigenvalue weighted by Crippen LogP contribution is 2.27. The first-order valence-corrected chi connectivity index (χ1v) is 8.27. The summed E-state index contributed by atoms with van der Waals surface area (Å²) in [7, 11) is 1.84. The number of aromatic nitrogens is 2. The van der Waals surface area contributed by atoms with E-state index in [2.05, 4.69) is 15.3 Å². The van der Waals surface area contributed by atoms with Crippen molar-refractivity contribution in [3.8, 4) is 0 Å². The van der Waals surface area contributed by atoms with E-state index < -0.39 is 0 Å². The number of fused-ring (bicyclic) bond motifs is 1. The fraction of sp³-hybridized carbons (Fsp3) is 0.167. The van der Waals surface area contributed by atoms with Crippen LogP contribution >= 0.6 is 11.8 Å². The van der Waals surface area contributed by atoms with Crippen molar-refractivity contribution < 1.29 is 4.79 Å². The summed E-state index contributed by atoms with van der Waals surface area (Å²) in [4.78, 5) is 21.6. The summed E-state index contributed by atoms with van der Waals surface area (Å²) >= 11 is 1.38. The molecule has 5 heteroatoms. The number of nitrogens with zero attached hydrogens (tertiary/aromatic N) is 2. The quantitative estimate of drug-likeness (QED) is 0.436. The van der Waals surface area contributed by atoms with Crippen molar-refractivity contribution in [2.45, 2.75) is 17.3 Å². The first kappa shape index (κ1) is 15.5. The van der Waals surface area contributed by atoms with Crippen molar-refractivity contribution in [2.75, 3.05) is 12.4 Å². The van der Waals surface area contributed by atoms with E-state index in [4.69, 9.17) is 0 Å². The second kappa shape index (κ2) is 6.79. The number of hydrogen-bond donors (Lipinski definition) is 1. The average molecular weight is 323 g/mol. The maximum atomic E-state index is 12.5. The molecule has 1 atom stereocenters. The molecule has 0 spiro atoms. The van der Waals surface area contributed by atoms with Crippen LogP contribution in [0.5, 0.6) is 0 Å². The monoisotopic (exact) mass is 323 g/mol. The van der Waals surface area contributed by atoms with Gasteiger partial charge in [-0.2, -0.15) is 0 Å². The van der Waals surface area contributed by atoms with E-state index in [0.717, 1.165) is 16.7 Å². The lowest BCUT2D eigenvalue weighted by molar-refractivity contribution is 0.0994. The van der Waals surface area contributed by atoms with Crippen molar-refractivity contribution in [1.82, 2.24) is 9.97 Å². The van der Waals surface area contributed by atoms with Gasteiger partial charge in [0.2, 0.25) is 0 Å². The highest BCUT2D eigenvalue weighted by Gasteiger charge is 2.18. The molecule has 0 radical (unpaired) electrons. The number of benzene rings is 2. The number of ketones is 1. The molecular weight excluding hydrogens is 306 g/mol. The molecule has 4 nitrogen and oxygen atoms in total. The largest absolute Gasteiger partial charge is 0.372 e. The van der Waals surface area contributed by atoms with Crippen LogP contribution in [0.1, 0.15) is 17.3 Å². The van der Waals surface area contributed by atoms with Crippen molar-refractivity contribution in [2.24, 2.45) is 0 Å². The minimum atomic E-state index is -0.247. The molecule has 1 aromatic heterocycles. The Kier molecular flexibility index (Phi) is 4.57. The van der Waals surface area contributed by atoms with Crippen LogP contribution < -0.4 is 5.32 Å². The third-order valence-electron chi connectivity index (χ3n) is 3.53. The SMILES string of the molecule is CNc1nc(S[C@@H](C)C(=O)c2ccccc2)nc2ccccc12. The molecule has 0 aliphatic carbocycles. The van der Waals surface area contributed by atoms with Gasteiger partial charge in [0.1, 0.15) is 5.82 Å². The smallest absolute Gasteiger partial charge is 0.190 e. The summed E-state index contributed by atoms with van der Waals surface area (Å²) in [6.45, 7) is 1.89. The van der Waals surface area contributed by atoms with Crippen LogP contribution in [-0.2, 0) is 0 Å². The average Bonchev–Trinajstić information content (AvgIpc) is 2.61.